The summed E-state index contributed by atoms with van der Waals surface area (Å²) in [7, 11) is -1.85. The molecule has 0 bridgehead atoms. The molecule has 0 spiro atoms. The summed E-state index contributed by atoms with van der Waals surface area (Å²) in [6, 6.07) is 6.41. The van der Waals surface area contributed by atoms with E-state index in [2.05, 4.69) is 10.0 Å². The van der Waals surface area contributed by atoms with Gasteiger partial charge < -0.3 is 14.8 Å². The maximum Gasteiger partial charge on any atom is 0.240 e. The van der Waals surface area contributed by atoms with Crippen LogP contribution in [-0.4, -0.2) is 48.4 Å². The Kier molecular flexibility index (Phi) is 5.98. The van der Waals surface area contributed by atoms with Crippen molar-refractivity contribution in [1.82, 2.24) is 10.0 Å². The first-order valence-electron chi connectivity index (χ1n) is 7.04. The smallest absolute Gasteiger partial charge is 0.240 e. The number of benzene rings is 1. The third-order valence-corrected chi connectivity index (χ3v) is 4.85. The fourth-order valence-corrected chi connectivity index (χ4v) is 3.27. The predicted octanol–water partition coefficient (Wildman–Crippen LogP) is 0.600. The SMILES string of the molecule is COCCOc1ccc(S(=O)(=O)NCC2CCNC2)cc1. The van der Waals surface area contributed by atoms with Crippen molar-refractivity contribution in [3.8, 4) is 5.75 Å². The fraction of sp³-hybridized carbons (Fsp3) is 0.571. The lowest BCUT2D eigenvalue weighted by Crippen LogP contribution is -2.30. The number of hydrogen-bond donors (Lipinski definition) is 2. The summed E-state index contributed by atoms with van der Waals surface area (Å²) >= 11 is 0. The van der Waals surface area contributed by atoms with Gasteiger partial charge in [0.15, 0.2) is 0 Å². The van der Waals surface area contributed by atoms with Crippen molar-refractivity contribution in [1.29, 1.82) is 0 Å². The molecule has 1 aromatic carbocycles. The maximum absolute atomic E-state index is 12.2. The second kappa shape index (κ2) is 7.74. The van der Waals surface area contributed by atoms with Gasteiger partial charge in [-0.05, 0) is 49.7 Å². The zero-order chi connectivity index (χ0) is 15.1. The molecule has 0 amide bonds. The van der Waals surface area contributed by atoms with Crippen molar-refractivity contribution in [2.45, 2.75) is 11.3 Å². The molecule has 0 radical (unpaired) electrons. The highest BCUT2D eigenvalue weighted by molar-refractivity contribution is 7.89. The van der Waals surface area contributed by atoms with Gasteiger partial charge in [0.25, 0.3) is 0 Å². The van der Waals surface area contributed by atoms with Gasteiger partial charge in [0, 0.05) is 13.7 Å². The number of nitrogens with one attached hydrogen (secondary N) is 2. The lowest BCUT2D eigenvalue weighted by atomic mass is 10.1. The molecule has 1 atom stereocenters. The average Bonchev–Trinajstić information content (AvgIpc) is 3.00. The second-order valence-corrected chi connectivity index (χ2v) is 6.79. The van der Waals surface area contributed by atoms with Gasteiger partial charge in [-0.15, -0.1) is 0 Å². The van der Waals surface area contributed by atoms with Gasteiger partial charge in [0.1, 0.15) is 12.4 Å². The van der Waals surface area contributed by atoms with Crippen molar-refractivity contribution in [3.63, 3.8) is 0 Å². The van der Waals surface area contributed by atoms with Crippen LogP contribution < -0.4 is 14.8 Å². The molecule has 1 saturated heterocycles. The molecule has 118 valence electrons. The summed E-state index contributed by atoms with van der Waals surface area (Å²) in [5.74, 6) is 1.00. The summed E-state index contributed by atoms with van der Waals surface area (Å²) in [4.78, 5) is 0.257. The first kappa shape index (κ1) is 16.2. The van der Waals surface area contributed by atoms with E-state index in [-0.39, 0.29) is 4.90 Å². The fourth-order valence-electron chi connectivity index (χ4n) is 2.16. The maximum atomic E-state index is 12.2. The van der Waals surface area contributed by atoms with E-state index >= 15 is 0 Å². The van der Waals surface area contributed by atoms with E-state index in [1.54, 1.807) is 31.4 Å². The molecular weight excluding hydrogens is 292 g/mol. The standard InChI is InChI=1S/C14H22N2O4S/c1-19-8-9-20-13-2-4-14(5-3-13)21(17,18)16-11-12-6-7-15-10-12/h2-5,12,15-16H,6-11H2,1H3. The minimum Gasteiger partial charge on any atom is -0.491 e. The van der Waals surface area contributed by atoms with E-state index in [1.165, 1.54) is 0 Å². The van der Waals surface area contributed by atoms with Crippen molar-refractivity contribution in [2.75, 3.05) is 40.0 Å². The van der Waals surface area contributed by atoms with Crippen molar-refractivity contribution >= 4 is 10.0 Å². The van der Waals surface area contributed by atoms with Crippen LogP contribution in [-0.2, 0) is 14.8 Å². The lowest BCUT2D eigenvalue weighted by molar-refractivity contribution is 0.146. The Morgan fingerprint density at radius 3 is 2.67 bits per heavy atom. The average molecular weight is 314 g/mol. The van der Waals surface area contributed by atoms with Gasteiger partial charge in [-0.3, -0.25) is 0 Å². The van der Waals surface area contributed by atoms with Crippen molar-refractivity contribution in [2.24, 2.45) is 5.92 Å². The molecule has 0 aromatic heterocycles. The zero-order valence-electron chi connectivity index (χ0n) is 12.2. The monoisotopic (exact) mass is 314 g/mol. The van der Waals surface area contributed by atoms with Crippen LogP contribution in [0.15, 0.2) is 29.2 Å². The van der Waals surface area contributed by atoms with Crippen LogP contribution in [0.5, 0.6) is 5.75 Å². The normalized spacial score (nSPS) is 18.8. The summed E-state index contributed by atoms with van der Waals surface area (Å²) < 4.78 is 37.3. The molecule has 1 aromatic rings. The first-order valence-corrected chi connectivity index (χ1v) is 8.52. The molecule has 2 rings (SSSR count). The molecule has 7 heteroatoms. The van der Waals surface area contributed by atoms with E-state index < -0.39 is 10.0 Å². The second-order valence-electron chi connectivity index (χ2n) is 5.02. The molecule has 0 aliphatic carbocycles. The van der Waals surface area contributed by atoms with Gasteiger partial charge in [-0.25, -0.2) is 13.1 Å². The Labute approximate surface area is 125 Å². The molecule has 1 heterocycles. The summed E-state index contributed by atoms with van der Waals surface area (Å²) in [6.45, 7) is 3.24. The van der Waals surface area contributed by atoms with E-state index in [1.807, 2.05) is 0 Å². The van der Waals surface area contributed by atoms with E-state index in [0.29, 0.717) is 31.4 Å². The van der Waals surface area contributed by atoms with Crippen LogP contribution in [0.25, 0.3) is 0 Å². The van der Waals surface area contributed by atoms with Crippen LogP contribution in [0.2, 0.25) is 0 Å². The van der Waals surface area contributed by atoms with Gasteiger partial charge in [0.2, 0.25) is 10.0 Å². The molecule has 21 heavy (non-hydrogen) atoms. The predicted molar refractivity (Wildman–Crippen MR) is 80.0 cm³/mol. The highest BCUT2D eigenvalue weighted by atomic mass is 32.2. The molecule has 1 aliphatic heterocycles. The highest BCUT2D eigenvalue weighted by Gasteiger charge is 2.19. The Balaban J connectivity index is 1.89. The van der Waals surface area contributed by atoms with Gasteiger partial charge in [-0.2, -0.15) is 0 Å². The number of sulfonamides is 1. The number of hydrogen-bond acceptors (Lipinski definition) is 5. The summed E-state index contributed by atoms with van der Waals surface area (Å²) in [5, 5.41) is 3.22. The number of ether oxygens (including phenoxy) is 2. The number of rotatable bonds is 8. The number of methoxy groups -OCH3 is 1. The minimum absolute atomic E-state index is 0.257. The third-order valence-electron chi connectivity index (χ3n) is 3.41. The molecule has 1 fully saturated rings. The molecular formula is C14H22N2O4S. The molecule has 1 unspecified atom stereocenters. The van der Waals surface area contributed by atoms with E-state index in [9.17, 15) is 8.42 Å². The summed E-state index contributed by atoms with van der Waals surface area (Å²) in [5.41, 5.74) is 0. The Morgan fingerprint density at radius 1 is 1.29 bits per heavy atom. The Hall–Kier alpha value is -1.15. The first-order chi connectivity index (χ1) is 10.1. The van der Waals surface area contributed by atoms with Crippen LogP contribution in [0.4, 0.5) is 0 Å². The van der Waals surface area contributed by atoms with Gasteiger partial charge >= 0.3 is 0 Å². The van der Waals surface area contributed by atoms with Crippen molar-refractivity contribution in [3.05, 3.63) is 24.3 Å². The van der Waals surface area contributed by atoms with E-state index in [4.69, 9.17) is 9.47 Å². The topological polar surface area (TPSA) is 76.7 Å². The van der Waals surface area contributed by atoms with Crippen LogP contribution in [0.1, 0.15) is 6.42 Å². The van der Waals surface area contributed by atoms with Gasteiger partial charge in [0.05, 0.1) is 11.5 Å². The lowest BCUT2D eigenvalue weighted by Gasteiger charge is -2.11. The molecule has 1 aliphatic rings. The molecule has 0 saturated carbocycles. The van der Waals surface area contributed by atoms with Crippen LogP contribution in [0, 0.1) is 5.92 Å². The Bertz CT molecular complexity index is 524. The molecule has 6 nitrogen and oxygen atoms in total. The van der Waals surface area contributed by atoms with Gasteiger partial charge in [-0.1, -0.05) is 0 Å². The van der Waals surface area contributed by atoms with Crippen molar-refractivity contribution < 1.29 is 17.9 Å². The summed E-state index contributed by atoms with van der Waals surface area (Å²) in [6.07, 6.45) is 1.01. The molecule has 2 N–H and O–H groups in total. The minimum atomic E-state index is -3.45. The third kappa shape index (κ3) is 4.96. The van der Waals surface area contributed by atoms with E-state index in [0.717, 1.165) is 19.5 Å². The largest absolute Gasteiger partial charge is 0.491 e. The highest BCUT2D eigenvalue weighted by Crippen LogP contribution is 2.16. The van der Waals surface area contributed by atoms with Crippen LogP contribution >= 0.6 is 0 Å². The quantitative estimate of drug-likeness (QED) is 0.687. The zero-order valence-corrected chi connectivity index (χ0v) is 13.0. The van der Waals surface area contributed by atoms with Crippen LogP contribution in [0.3, 0.4) is 0 Å². The Morgan fingerprint density at radius 2 is 2.05 bits per heavy atom.